The van der Waals surface area contributed by atoms with Gasteiger partial charge in [-0.1, -0.05) is 53.6 Å². The smallest absolute Gasteiger partial charge is 0.233 e. The number of halogens is 1. The van der Waals surface area contributed by atoms with Gasteiger partial charge in [-0.25, -0.2) is 4.68 Å². The highest BCUT2D eigenvalue weighted by molar-refractivity contribution is 6.30. The van der Waals surface area contributed by atoms with Crippen LogP contribution in [0.1, 0.15) is 48.0 Å². The Labute approximate surface area is 169 Å². The lowest BCUT2D eigenvalue weighted by Crippen LogP contribution is -2.43. The Balaban J connectivity index is 1.62. The van der Waals surface area contributed by atoms with Crippen molar-refractivity contribution in [3.05, 3.63) is 76.6 Å². The average molecular weight is 393 g/mol. The van der Waals surface area contributed by atoms with E-state index in [1.165, 1.54) is 11.1 Å². The molecular formula is C22H21ClN4O. The first kappa shape index (κ1) is 17.4. The number of rotatable bonds is 3. The highest BCUT2D eigenvalue weighted by Gasteiger charge is 2.44. The summed E-state index contributed by atoms with van der Waals surface area (Å²) in [6.07, 6.45) is 4.21. The number of aryl methyl sites for hydroxylation is 1. The van der Waals surface area contributed by atoms with Crippen molar-refractivity contribution < 1.29 is 4.79 Å². The molecule has 2 atom stereocenters. The van der Waals surface area contributed by atoms with E-state index < -0.39 is 0 Å². The third-order valence-corrected chi connectivity index (χ3v) is 5.96. The van der Waals surface area contributed by atoms with E-state index in [1.807, 2.05) is 33.8 Å². The Morgan fingerprint density at radius 3 is 2.32 bits per heavy atom. The van der Waals surface area contributed by atoms with Gasteiger partial charge in [-0.05, 0) is 49.4 Å². The monoisotopic (exact) mass is 392 g/mol. The van der Waals surface area contributed by atoms with Crippen LogP contribution in [0.5, 0.6) is 0 Å². The number of aromatic nitrogens is 3. The molecule has 3 aromatic rings. The molecule has 2 aromatic carbocycles. The highest BCUT2D eigenvalue weighted by Crippen LogP contribution is 2.44. The van der Waals surface area contributed by atoms with Gasteiger partial charge in [-0.15, -0.1) is 0 Å². The predicted molar refractivity (Wildman–Crippen MR) is 108 cm³/mol. The molecule has 1 amide bonds. The molecule has 0 radical (unpaired) electrons. The summed E-state index contributed by atoms with van der Waals surface area (Å²) in [5.41, 5.74) is 3.47. The first-order chi connectivity index (χ1) is 13.6. The zero-order valence-corrected chi connectivity index (χ0v) is 16.4. The van der Waals surface area contributed by atoms with Gasteiger partial charge in [0.05, 0.1) is 12.1 Å². The quantitative estimate of drug-likeness (QED) is 0.648. The largest absolute Gasteiger partial charge is 0.274 e. The minimum Gasteiger partial charge on any atom is -0.274 e. The fourth-order valence-electron chi connectivity index (χ4n) is 4.01. The van der Waals surface area contributed by atoms with Crippen molar-refractivity contribution >= 4 is 23.5 Å². The molecule has 1 fully saturated rings. The number of amides is 1. The number of hydrogen-bond donors (Lipinski definition) is 0. The number of carbonyl (C=O) groups excluding carboxylic acids is 1. The van der Waals surface area contributed by atoms with Gasteiger partial charge in [-0.3, -0.25) is 9.69 Å². The van der Waals surface area contributed by atoms with Crippen molar-refractivity contribution in [3.8, 4) is 0 Å². The number of fused-ring (bicyclic) bond motifs is 1. The van der Waals surface area contributed by atoms with Gasteiger partial charge < -0.3 is 0 Å². The molecule has 0 N–H and O–H groups in total. The lowest BCUT2D eigenvalue weighted by Gasteiger charge is -2.39. The van der Waals surface area contributed by atoms with E-state index >= 15 is 0 Å². The van der Waals surface area contributed by atoms with Crippen LogP contribution in [0, 0.1) is 12.8 Å². The van der Waals surface area contributed by atoms with Gasteiger partial charge in [0.15, 0.2) is 0 Å². The number of nitrogens with zero attached hydrogens (tertiary/aromatic N) is 4. The molecule has 0 unspecified atom stereocenters. The molecular weight excluding hydrogens is 372 g/mol. The van der Waals surface area contributed by atoms with Crippen LogP contribution in [0.2, 0.25) is 5.02 Å². The summed E-state index contributed by atoms with van der Waals surface area (Å²) < 4.78 is 1.90. The van der Waals surface area contributed by atoms with Crippen LogP contribution in [0.4, 0.5) is 5.95 Å². The van der Waals surface area contributed by atoms with Crippen LogP contribution >= 0.6 is 11.6 Å². The maximum Gasteiger partial charge on any atom is 0.233 e. The number of carbonyl (C=O) groups is 1. The fraction of sp³-hybridized carbons (Fsp3) is 0.318. The molecule has 1 saturated carbocycles. The first-order valence-electron chi connectivity index (χ1n) is 9.66. The molecule has 28 heavy (non-hydrogen) atoms. The average Bonchev–Trinajstić information content (AvgIpc) is 3.44. The molecule has 1 aliphatic carbocycles. The molecule has 142 valence electrons. The Bertz CT molecular complexity index is 1010. The van der Waals surface area contributed by atoms with Crippen LogP contribution in [0.15, 0.2) is 54.9 Å². The molecule has 1 aliphatic heterocycles. The van der Waals surface area contributed by atoms with Crippen molar-refractivity contribution in [2.24, 2.45) is 5.92 Å². The second-order valence-corrected chi connectivity index (χ2v) is 8.15. The standard InChI is InChI=1S/C22H21ClN4O/c1-14-2-4-16(5-3-14)20-12-19(15-8-10-18(23)11-9-15)26(21(28)17-6-7-17)22-24-13-25-27(20)22/h2-5,8-11,13,17,19-20H,6-7,12H2,1H3/t19-,20-/m0/s1. The third-order valence-electron chi connectivity index (χ3n) is 5.70. The second kappa shape index (κ2) is 6.74. The van der Waals surface area contributed by atoms with Crippen molar-refractivity contribution in [2.45, 2.75) is 38.3 Å². The molecule has 2 aliphatic rings. The zero-order chi connectivity index (χ0) is 19.3. The summed E-state index contributed by atoms with van der Waals surface area (Å²) in [6.45, 7) is 2.08. The molecule has 1 aromatic heterocycles. The SMILES string of the molecule is Cc1ccc([C@@H]2C[C@@H](c3ccc(Cl)cc3)N(C(=O)C3CC3)c3ncnn32)cc1. The lowest BCUT2D eigenvalue weighted by molar-refractivity contribution is -0.120. The first-order valence-corrected chi connectivity index (χ1v) is 10.0. The number of anilines is 1. The summed E-state index contributed by atoms with van der Waals surface area (Å²) >= 11 is 6.11. The number of benzene rings is 2. The summed E-state index contributed by atoms with van der Waals surface area (Å²) in [5.74, 6) is 0.890. The van der Waals surface area contributed by atoms with E-state index in [0.29, 0.717) is 11.0 Å². The van der Waals surface area contributed by atoms with Gasteiger partial charge in [0.1, 0.15) is 6.33 Å². The Morgan fingerprint density at radius 2 is 1.64 bits per heavy atom. The Hall–Kier alpha value is -2.66. The normalized spacial score (nSPS) is 21.4. The maximum absolute atomic E-state index is 13.2. The van der Waals surface area contributed by atoms with Gasteiger partial charge in [-0.2, -0.15) is 10.1 Å². The summed E-state index contributed by atoms with van der Waals surface area (Å²) in [7, 11) is 0. The zero-order valence-electron chi connectivity index (χ0n) is 15.6. The van der Waals surface area contributed by atoms with Gasteiger partial charge >= 0.3 is 0 Å². The highest BCUT2D eigenvalue weighted by atomic mass is 35.5. The van der Waals surface area contributed by atoms with E-state index in [1.54, 1.807) is 6.33 Å². The molecule has 0 saturated heterocycles. The minimum absolute atomic E-state index is 0.0297. The van der Waals surface area contributed by atoms with Crippen LogP contribution < -0.4 is 4.90 Å². The Morgan fingerprint density at radius 1 is 1.00 bits per heavy atom. The van der Waals surface area contributed by atoms with Gasteiger partial charge in [0, 0.05) is 10.9 Å². The van der Waals surface area contributed by atoms with Crippen LogP contribution in [0.3, 0.4) is 0 Å². The maximum atomic E-state index is 13.2. The van der Waals surface area contributed by atoms with Crippen LogP contribution in [0.25, 0.3) is 0 Å². The summed E-state index contributed by atoms with van der Waals surface area (Å²) in [6, 6.07) is 16.3. The minimum atomic E-state index is -0.0895. The Kier molecular flexibility index (Phi) is 4.20. The van der Waals surface area contributed by atoms with Crippen LogP contribution in [-0.2, 0) is 4.79 Å². The third kappa shape index (κ3) is 3.00. The van der Waals surface area contributed by atoms with Crippen molar-refractivity contribution in [1.82, 2.24) is 14.8 Å². The van der Waals surface area contributed by atoms with E-state index in [4.69, 9.17) is 11.6 Å². The van der Waals surface area contributed by atoms with E-state index in [9.17, 15) is 4.79 Å². The van der Waals surface area contributed by atoms with E-state index in [-0.39, 0.29) is 23.9 Å². The predicted octanol–water partition coefficient (Wildman–Crippen LogP) is 4.72. The number of hydrogen-bond acceptors (Lipinski definition) is 3. The molecule has 2 heterocycles. The van der Waals surface area contributed by atoms with Gasteiger partial charge in [0.25, 0.3) is 0 Å². The van der Waals surface area contributed by atoms with Crippen molar-refractivity contribution in [1.29, 1.82) is 0 Å². The summed E-state index contributed by atoms with van der Waals surface area (Å²) in [4.78, 5) is 19.5. The lowest BCUT2D eigenvalue weighted by atomic mass is 9.91. The molecule has 5 rings (SSSR count). The van der Waals surface area contributed by atoms with Crippen molar-refractivity contribution in [3.63, 3.8) is 0 Å². The fourth-order valence-corrected chi connectivity index (χ4v) is 4.13. The van der Waals surface area contributed by atoms with Crippen molar-refractivity contribution in [2.75, 3.05) is 4.90 Å². The second-order valence-electron chi connectivity index (χ2n) is 7.72. The molecule has 6 heteroatoms. The molecule has 0 spiro atoms. The van der Waals surface area contributed by atoms with E-state index in [0.717, 1.165) is 24.8 Å². The summed E-state index contributed by atoms with van der Waals surface area (Å²) in [5, 5.41) is 5.17. The van der Waals surface area contributed by atoms with Crippen LogP contribution in [-0.4, -0.2) is 20.7 Å². The molecule has 0 bridgehead atoms. The van der Waals surface area contributed by atoms with E-state index in [2.05, 4.69) is 41.3 Å². The topological polar surface area (TPSA) is 51.0 Å². The van der Waals surface area contributed by atoms with Gasteiger partial charge in [0.2, 0.25) is 11.9 Å². The molecule has 5 nitrogen and oxygen atoms in total.